The third-order valence-corrected chi connectivity index (χ3v) is 6.63. The van der Waals surface area contributed by atoms with E-state index in [4.69, 9.17) is 9.47 Å². The van der Waals surface area contributed by atoms with E-state index < -0.39 is 27.3 Å². The second-order valence-electron chi connectivity index (χ2n) is 4.89. The summed E-state index contributed by atoms with van der Waals surface area (Å²) in [5.74, 6) is -2.06. The Balaban J connectivity index is -0.000000222. The van der Waals surface area contributed by atoms with Crippen LogP contribution < -0.4 is 0 Å². The predicted octanol–water partition coefficient (Wildman–Crippen LogP) is 5.76. The summed E-state index contributed by atoms with van der Waals surface area (Å²) in [6.45, 7) is 0.990. The van der Waals surface area contributed by atoms with Crippen molar-refractivity contribution in [2.75, 3.05) is 13.2 Å². The Morgan fingerprint density at radius 1 is 0.720 bits per heavy atom. The third-order valence-electron chi connectivity index (χ3n) is 3.21. The molecule has 2 N–H and O–H groups in total. The average Bonchev–Trinajstić information content (AvgIpc) is 3.28. The van der Waals surface area contributed by atoms with Gasteiger partial charge < -0.3 is 19.7 Å². The van der Waals surface area contributed by atoms with Crippen molar-refractivity contribution in [2.24, 2.45) is 0 Å². The van der Waals surface area contributed by atoms with Gasteiger partial charge >= 0.3 is 15.6 Å². The molecule has 0 aliphatic carbocycles. The van der Waals surface area contributed by atoms with E-state index in [9.17, 15) is 19.3 Å². The van der Waals surface area contributed by atoms with Gasteiger partial charge in [0.05, 0.1) is 0 Å². The fraction of sp³-hybridized carbons (Fsp3) is 1.00. The first-order valence-corrected chi connectivity index (χ1v) is 9.39. The molecule has 156 valence electrons. The van der Waals surface area contributed by atoms with E-state index in [0.717, 1.165) is 19.3 Å². The molecule has 6 nitrogen and oxygen atoms in total. The van der Waals surface area contributed by atoms with Gasteiger partial charge in [0.25, 0.3) is 23.4 Å². The Kier molecular flexibility index (Phi) is 25.2. The van der Waals surface area contributed by atoms with Crippen molar-refractivity contribution in [3.8, 4) is 0 Å². The molecule has 6 atom stereocenters. The first kappa shape index (κ1) is 36.0. The van der Waals surface area contributed by atoms with Crippen LogP contribution in [0.5, 0.6) is 0 Å². The van der Waals surface area contributed by atoms with Gasteiger partial charge in [0.2, 0.25) is 0 Å². The lowest BCUT2D eigenvalue weighted by Crippen LogP contribution is -2.05. The maximum Gasteiger partial charge on any atom is 0.404 e. The van der Waals surface area contributed by atoms with E-state index >= 15 is 0 Å². The number of hydrogen-bond acceptors (Lipinski definition) is 6. The number of ether oxygens (including phenoxy) is 2. The van der Waals surface area contributed by atoms with E-state index in [1.165, 1.54) is 0 Å². The van der Waals surface area contributed by atoms with E-state index in [0.29, 0.717) is 26.1 Å². The van der Waals surface area contributed by atoms with Gasteiger partial charge in [-0.05, 0) is 12.8 Å². The Morgan fingerprint density at radius 3 is 1.24 bits per heavy atom. The van der Waals surface area contributed by atoms with Gasteiger partial charge in [0.15, 0.2) is 0 Å². The monoisotopic (exact) mass is 406 g/mol. The van der Waals surface area contributed by atoms with Gasteiger partial charge in [0, 0.05) is 12.8 Å². The highest BCUT2D eigenvalue weighted by molar-refractivity contribution is 7.46. The minimum absolute atomic E-state index is 0. The van der Waals surface area contributed by atoms with Gasteiger partial charge in [-0.2, -0.15) is 0 Å². The van der Waals surface area contributed by atoms with Crippen LogP contribution in [0.1, 0.15) is 76.7 Å². The quantitative estimate of drug-likeness (QED) is 0.272. The van der Waals surface area contributed by atoms with E-state index in [2.05, 4.69) is 0 Å². The molecule has 2 heterocycles. The average molecular weight is 406 g/mol. The fourth-order valence-electron chi connectivity index (χ4n) is 1.85. The summed E-state index contributed by atoms with van der Waals surface area (Å²) in [5, 5.41) is 19.3. The number of unbranched alkanes of at least 4 members (excludes halogenated alkanes) is 2. The molecule has 25 heavy (non-hydrogen) atoms. The molecule has 2 aliphatic heterocycles. The summed E-state index contributed by atoms with van der Waals surface area (Å²) >= 11 is 0. The SMILES string of the molecule is C.C.C.C.C.C.O=[P+](C(O)CCCCCC(O)[P+](=O)C1CO1)C1CO1. The molecule has 0 radical (unpaired) electrons. The molecule has 2 rings (SSSR count). The predicted molar refractivity (Wildman–Crippen MR) is 110 cm³/mol. The van der Waals surface area contributed by atoms with Crippen LogP contribution in [-0.2, 0) is 18.6 Å². The lowest BCUT2D eigenvalue weighted by atomic mass is 10.1. The lowest BCUT2D eigenvalue weighted by molar-refractivity contribution is 0.224. The third kappa shape index (κ3) is 12.9. The molecule has 2 fully saturated rings. The number of aliphatic hydroxyl groups excluding tert-OH is 2. The molecule has 6 unspecified atom stereocenters. The highest BCUT2D eigenvalue weighted by Gasteiger charge is 2.48. The maximum atomic E-state index is 11.5. The molecule has 0 aromatic heterocycles. The first-order chi connectivity index (χ1) is 9.09. The second kappa shape index (κ2) is 17.5. The zero-order valence-electron chi connectivity index (χ0n) is 10.7. The molecule has 2 aliphatic rings. The molecular weight excluding hydrogens is 362 g/mol. The van der Waals surface area contributed by atoms with E-state index in [1.807, 2.05) is 0 Å². The zero-order valence-corrected chi connectivity index (χ0v) is 12.5. The van der Waals surface area contributed by atoms with Crippen molar-refractivity contribution in [1.82, 2.24) is 0 Å². The van der Waals surface area contributed by atoms with Crippen LogP contribution in [0.15, 0.2) is 0 Å². The summed E-state index contributed by atoms with van der Waals surface area (Å²) in [6, 6.07) is 0. The Labute approximate surface area is 158 Å². The van der Waals surface area contributed by atoms with Gasteiger partial charge in [0.1, 0.15) is 13.2 Å². The smallest absolute Gasteiger partial charge is 0.351 e. The number of epoxide rings is 2. The number of hydrogen-bond donors (Lipinski definition) is 2. The molecule has 2 saturated heterocycles. The van der Waals surface area contributed by atoms with E-state index in [1.54, 1.807) is 0 Å². The second-order valence-corrected chi connectivity index (χ2v) is 8.68. The van der Waals surface area contributed by atoms with Gasteiger partial charge in [-0.1, -0.05) is 60.1 Å². The summed E-state index contributed by atoms with van der Waals surface area (Å²) in [6.07, 6.45) is 3.29. The van der Waals surface area contributed by atoms with Crippen molar-refractivity contribution in [3.05, 3.63) is 0 Å². The Bertz CT molecular complexity index is 314. The molecular formula is C17H44O6P2+2. The van der Waals surface area contributed by atoms with Crippen LogP contribution in [0.2, 0.25) is 0 Å². The normalized spacial score (nSPS) is 22.5. The van der Waals surface area contributed by atoms with Crippen molar-refractivity contribution in [3.63, 3.8) is 0 Å². The van der Waals surface area contributed by atoms with Crippen LogP contribution in [-0.4, -0.2) is 46.8 Å². The summed E-state index contributed by atoms with van der Waals surface area (Å²) < 4.78 is 32.8. The van der Waals surface area contributed by atoms with Crippen LogP contribution >= 0.6 is 15.6 Å². The largest absolute Gasteiger partial charge is 0.404 e. The molecule has 8 heteroatoms. The Morgan fingerprint density at radius 2 is 1.00 bits per heavy atom. The van der Waals surface area contributed by atoms with Crippen molar-refractivity contribution in [1.29, 1.82) is 0 Å². The summed E-state index contributed by atoms with van der Waals surface area (Å²) in [4.78, 5) is 0. The molecule has 0 bridgehead atoms. The molecule has 0 amide bonds. The lowest BCUT2D eigenvalue weighted by Gasteiger charge is -2.01. The van der Waals surface area contributed by atoms with Crippen LogP contribution in [0.3, 0.4) is 0 Å². The van der Waals surface area contributed by atoms with Crippen LogP contribution in [0.25, 0.3) is 0 Å². The summed E-state index contributed by atoms with van der Waals surface area (Å²) in [5.41, 5.74) is 0. The van der Waals surface area contributed by atoms with Crippen molar-refractivity contribution in [2.45, 2.75) is 100 Å². The maximum absolute atomic E-state index is 11.5. The highest BCUT2D eigenvalue weighted by Crippen LogP contribution is 2.43. The van der Waals surface area contributed by atoms with Gasteiger partial charge in [-0.15, -0.1) is 0 Å². The molecule has 0 saturated carbocycles. The number of aliphatic hydroxyl groups is 2. The number of rotatable bonds is 10. The van der Waals surface area contributed by atoms with Crippen molar-refractivity contribution >= 4 is 15.6 Å². The van der Waals surface area contributed by atoms with Gasteiger partial charge in [-0.3, -0.25) is 0 Å². The topological polar surface area (TPSA) is 99.7 Å². The molecule has 0 spiro atoms. The standard InChI is InChI=1S/C11H20O6P2.6CH4/c12-8(18(14)10-6-16-10)4-2-1-3-5-9(13)19(15)11-7-17-11;;;;;;/h8-13H,1-7H2;6*1H4/q+2;;;;;;. The first-order valence-electron chi connectivity index (χ1n) is 6.60. The highest BCUT2D eigenvalue weighted by atomic mass is 31.1. The van der Waals surface area contributed by atoms with Crippen LogP contribution in [0.4, 0.5) is 0 Å². The van der Waals surface area contributed by atoms with E-state index in [-0.39, 0.29) is 56.3 Å². The van der Waals surface area contributed by atoms with Crippen molar-refractivity contribution < 1.29 is 28.8 Å². The Hall–Kier alpha value is 0.0400. The van der Waals surface area contributed by atoms with Crippen LogP contribution in [0, 0.1) is 0 Å². The zero-order chi connectivity index (χ0) is 13.8. The molecule has 0 aromatic carbocycles. The van der Waals surface area contributed by atoms with Gasteiger partial charge in [-0.25, -0.2) is 0 Å². The summed E-state index contributed by atoms with van der Waals surface area (Å²) in [7, 11) is -3.33. The molecule has 0 aromatic rings. The fourth-order valence-corrected chi connectivity index (χ4v) is 4.25. The minimum Gasteiger partial charge on any atom is -0.351 e. The minimum atomic E-state index is -1.66.